The van der Waals surface area contributed by atoms with Gasteiger partial charge in [-0.25, -0.2) is 0 Å². The second-order valence-corrected chi connectivity index (χ2v) is 9.08. The smallest absolute Gasteiger partial charge is 0.264 e. The molecule has 0 aliphatic carbocycles. The summed E-state index contributed by atoms with van der Waals surface area (Å²) in [6.45, 7) is 2.92. The molecule has 24 heavy (non-hydrogen) atoms. The van der Waals surface area contributed by atoms with Gasteiger partial charge in [0, 0.05) is 10.8 Å². The molecule has 1 N–H and O–H groups in total. The molecule has 0 heterocycles. The zero-order valence-corrected chi connectivity index (χ0v) is 18.2. The van der Waals surface area contributed by atoms with Crippen LogP contribution in [0.4, 0.5) is 0 Å². The SMILES string of the molecule is CCCOc1c(I)ccc2c(OCCCS(=O)(=O)O)c(I)ccc12. The van der Waals surface area contributed by atoms with E-state index in [2.05, 4.69) is 52.1 Å². The summed E-state index contributed by atoms with van der Waals surface area (Å²) >= 11 is 4.44. The van der Waals surface area contributed by atoms with E-state index in [-0.39, 0.29) is 18.8 Å². The maximum absolute atomic E-state index is 10.8. The Balaban J connectivity index is 2.30. The highest BCUT2D eigenvalue weighted by molar-refractivity contribution is 14.1. The number of hydrogen-bond donors (Lipinski definition) is 1. The van der Waals surface area contributed by atoms with Gasteiger partial charge in [-0.15, -0.1) is 0 Å². The Morgan fingerprint density at radius 2 is 1.46 bits per heavy atom. The van der Waals surface area contributed by atoms with Crippen molar-refractivity contribution in [2.24, 2.45) is 0 Å². The fraction of sp³-hybridized carbons (Fsp3) is 0.375. The Morgan fingerprint density at radius 3 is 1.92 bits per heavy atom. The number of halogens is 2. The van der Waals surface area contributed by atoms with Crippen LogP contribution >= 0.6 is 45.2 Å². The van der Waals surface area contributed by atoms with Crippen molar-refractivity contribution in [1.82, 2.24) is 0 Å². The van der Waals surface area contributed by atoms with Crippen molar-refractivity contribution in [1.29, 1.82) is 0 Å². The van der Waals surface area contributed by atoms with Crippen LogP contribution in [0, 0.1) is 7.14 Å². The highest BCUT2D eigenvalue weighted by Crippen LogP contribution is 2.38. The van der Waals surface area contributed by atoms with Crippen LogP contribution < -0.4 is 9.47 Å². The first-order chi connectivity index (χ1) is 11.3. The zero-order valence-electron chi connectivity index (χ0n) is 13.1. The van der Waals surface area contributed by atoms with Crippen molar-refractivity contribution in [2.75, 3.05) is 19.0 Å². The van der Waals surface area contributed by atoms with E-state index < -0.39 is 10.1 Å². The van der Waals surface area contributed by atoms with Crippen molar-refractivity contribution in [2.45, 2.75) is 19.8 Å². The quantitative estimate of drug-likeness (QED) is 0.285. The number of benzene rings is 2. The average molecular weight is 576 g/mol. The van der Waals surface area contributed by atoms with Gasteiger partial charge in [0.15, 0.2) is 0 Å². The van der Waals surface area contributed by atoms with Gasteiger partial charge in [-0.1, -0.05) is 6.92 Å². The Hall–Kier alpha value is -0.330. The van der Waals surface area contributed by atoms with E-state index in [9.17, 15) is 8.42 Å². The summed E-state index contributed by atoms with van der Waals surface area (Å²) < 4.78 is 44.0. The van der Waals surface area contributed by atoms with E-state index >= 15 is 0 Å². The standard InChI is InChI=1S/C16H18I2O5S/c1-2-8-22-15-11-4-7-14(18)16(12(11)5-6-13(15)17)23-9-3-10-24(19,20)21/h4-7H,2-3,8-10H2,1H3,(H,19,20,21). The molecule has 0 saturated carbocycles. The molecule has 0 aliphatic heterocycles. The van der Waals surface area contributed by atoms with Gasteiger partial charge in [-0.3, -0.25) is 4.55 Å². The molecule has 0 saturated heterocycles. The largest absolute Gasteiger partial charge is 0.492 e. The molecule has 2 rings (SSSR count). The van der Waals surface area contributed by atoms with Crippen molar-refractivity contribution in [3.8, 4) is 11.5 Å². The third kappa shape index (κ3) is 5.33. The molecule has 0 aliphatic rings. The molecule has 0 spiro atoms. The first kappa shape index (κ1) is 20.0. The molecule has 0 atom stereocenters. The van der Waals surface area contributed by atoms with Crippen molar-refractivity contribution >= 4 is 66.1 Å². The lowest BCUT2D eigenvalue weighted by Gasteiger charge is -2.15. The van der Waals surface area contributed by atoms with Crippen LogP contribution in [0.2, 0.25) is 0 Å². The third-order valence-electron chi connectivity index (χ3n) is 3.25. The summed E-state index contributed by atoms with van der Waals surface area (Å²) in [5.41, 5.74) is 0. The third-order valence-corrected chi connectivity index (χ3v) is 5.75. The number of fused-ring (bicyclic) bond motifs is 1. The first-order valence-corrected chi connectivity index (χ1v) is 11.2. The summed E-state index contributed by atoms with van der Waals surface area (Å²) in [4.78, 5) is 0. The lowest BCUT2D eigenvalue weighted by Crippen LogP contribution is -2.09. The molecule has 8 heteroatoms. The van der Waals surface area contributed by atoms with Gasteiger partial charge in [-0.2, -0.15) is 8.42 Å². The summed E-state index contributed by atoms with van der Waals surface area (Å²) in [5, 5.41) is 1.90. The molecular weight excluding hydrogens is 558 g/mol. The van der Waals surface area contributed by atoms with Crippen LogP contribution in [0.25, 0.3) is 10.8 Å². The Kier molecular flexibility index (Phi) is 7.38. The van der Waals surface area contributed by atoms with Gasteiger partial charge in [0.25, 0.3) is 10.1 Å². The van der Waals surface area contributed by atoms with Gasteiger partial charge in [0.1, 0.15) is 11.5 Å². The maximum atomic E-state index is 10.8. The van der Waals surface area contributed by atoms with Crippen LogP contribution in [0.3, 0.4) is 0 Å². The fourth-order valence-electron chi connectivity index (χ4n) is 2.21. The highest BCUT2D eigenvalue weighted by atomic mass is 127. The molecule has 132 valence electrons. The van der Waals surface area contributed by atoms with Crippen LogP contribution in [-0.4, -0.2) is 31.9 Å². The molecule has 0 fully saturated rings. The Labute approximate surface area is 169 Å². The molecule has 0 aromatic heterocycles. The second kappa shape index (κ2) is 8.86. The normalized spacial score (nSPS) is 11.7. The Bertz CT molecular complexity index is 821. The lowest BCUT2D eigenvalue weighted by molar-refractivity contribution is 0.315. The number of rotatable bonds is 8. The molecule has 0 unspecified atom stereocenters. The van der Waals surface area contributed by atoms with Crippen LogP contribution in [0.5, 0.6) is 11.5 Å². The van der Waals surface area contributed by atoms with E-state index in [0.717, 1.165) is 30.1 Å². The van der Waals surface area contributed by atoms with Crippen LogP contribution in [0.1, 0.15) is 19.8 Å². The monoisotopic (exact) mass is 576 g/mol. The molecule has 2 aromatic carbocycles. The minimum absolute atomic E-state index is 0.214. The van der Waals surface area contributed by atoms with Gasteiger partial charge >= 0.3 is 0 Å². The average Bonchev–Trinajstić information content (AvgIpc) is 2.51. The summed E-state index contributed by atoms with van der Waals surface area (Å²) in [5.74, 6) is 1.24. The topological polar surface area (TPSA) is 72.8 Å². The van der Waals surface area contributed by atoms with Gasteiger partial charge in [-0.05, 0) is 82.3 Å². The first-order valence-electron chi connectivity index (χ1n) is 7.45. The second-order valence-electron chi connectivity index (χ2n) is 5.18. The van der Waals surface area contributed by atoms with Crippen LogP contribution in [-0.2, 0) is 10.1 Å². The Morgan fingerprint density at radius 1 is 0.958 bits per heavy atom. The van der Waals surface area contributed by atoms with Crippen molar-refractivity contribution < 1.29 is 22.4 Å². The fourth-order valence-corrected chi connectivity index (χ4v) is 3.95. The van der Waals surface area contributed by atoms with Gasteiger partial charge in [0.2, 0.25) is 0 Å². The molecule has 0 radical (unpaired) electrons. The molecule has 0 amide bonds. The number of ether oxygens (including phenoxy) is 2. The maximum Gasteiger partial charge on any atom is 0.264 e. The van der Waals surface area contributed by atoms with Gasteiger partial charge in [0.05, 0.1) is 26.1 Å². The predicted octanol–water partition coefficient (Wildman–Crippen LogP) is 4.49. The highest BCUT2D eigenvalue weighted by Gasteiger charge is 2.14. The van der Waals surface area contributed by atoms with Gasteiger partial charge < -0.3 is 9.47 Å². The van der Waals surface area contributed by atoms with Crippen molar-refractivity contribution in [3.63, 3.8) is 0 Å². The minimum Gasteiger partial charge on any atom is -0.492 e. The van der Waals surface area contributed by atoms with Crippen molar-refractivity contribution in [3.05, 3.63) is 31.4 Å². The molecule has 0 bridgehead atoms. The lowest BCUT2D eigenvalue weighted by atomic mass is 10.1. The molecule has 2 aromatic rings. The van der Waals surface area contributed by atoms with E-state index in [1.54, 1.807) is 0 Å². The predicted molar refractivity (Wildman–Crippen MR) is 112 cm³/mol. The molecule has 5 nitrogen and oxygen atoms in total. The molecular formula is C16H18I2O5S. The van der Waals surface area contributed by atoms with Crippen LogP contribution in [0.15, 0.2) is 24.3 Å². The summed E-state index contributed by atoms with van der Waals surface area (Å²) in [7, 11) is -3.96. The summed E-state index contributed by atoms with van der Waals surface area (Å²) in [6, 6.07) is 7.93. The van der Waals surface area contributed by atoms with E-state index in [0.29, 0.717) is 12.4 Å². The zero-order chi connectivity index (χ0) is 17.7. The number of hydrogen-bond acceptors (Lipinski definition) is 4. The van der Waals surface area contributed by atoms with E-state index in [1.807, 2.05) is 24.3 Å². The summed E-state index contributed by atoms with van der Waals surface area (Å²) in [6.07, 6.45) is 1.16. The minimum atomic E-state index is -3.96. The van der Waals surface area contributed by atoms with E-state index in [4.69, 9.17) is 14.0 Å². The van der Waals surface area contributed by atoms with E-state index in [1.165, 1.54) is 0 Å².